The van der Waals surface area contributed by atoms with Gasteiger partial charge in [-0.15, -0.1) is 0 Å². The molecular weight excluding hydrogens is 210 g/mol. The molecule has 0 aliphatic rings. The zero-order valence-electron chi connectivity index (χ0n) is 8.89. The van der Waals surface area contributed by atoms with Gasteiger partial charge < -0.3 is 10.3 Å². The molecule has 0 aromatic carbocycles. The fourth-order valence-electron chi connectivity index (χ4n) is 1.45. The first-order valence-corrected chi connectivity index (χ1v) is 5.12. The molecule has 0 amide bonds. The number of aromatic amines is 3. The number of H-pyrrole nitrogens is 3. The maximum Gasteiger partial charge on any atom is 0.327 e. The van der Waals surface area contributed by atoms with Gasteiger partial charge in [-0.1, -0.05) is 6.92 Å². The molecule has 86 valence electrons. The molecule has 2 aromatic heterocycles. The third kappa shape index (κ3) is 2.03. The average molecular weight is 223 g/mol. The Morgan fingerprint density at radius 3 is 2.81 bits per heavy atom. The second-order valence-electron chi connectivity index (χ2n) is 3.49. The van der Waals surface area contributed by atoms with Crippen molar-refractivity contribution in [2.24, 2.45) is 0 Å². The van der Waals surface area contributed by atoms with E-state index in [1.54, 1.807) is 0 Å². The van der Waals surface area contributed by atoms with E-state index in [2.05, 4.69) is 32.2 Å². The number of aromatic nitrogens is 4. The fourth-order valence-corrected chi connectivity index (χ4v) is 1.45. The summed E-state index contributed by atoms with van der Waals surface area (Å²) in [6.07, 6.45) is 1.03. The molecule has 4 N–H and O–H groups in total. The second-order valence-corrected chi connectivity index (χ2v) is 3.49. The third-order valence-electron chi connectivity index (χ3n) is 2.16. The number of imidazole rings is 1. The fraction of sp³-hybridized carbons (Fsp3) is 0.444. The van der Waals surface area contributed by atoms with Crippen LogP contribution < -0.4 is 16.6 Å². The summed E-state index contributed by atoms with van der Waals surface area (Å²) in [5, 5.41) is 3.15. The van der Waals surface area contributed by atoms with Gasteiger partial charge in [-0.3, -0.25) is 14.8 Å². The van der Waals surface area contributed by atoms with E-state index in [1.165, 1.54) is 0 Å². The van der Waals surface area contributed by atoms with Crippen LogP contribution >= 0.6 is 0 Å². The molecule has 0 radical (unpaired) electrons. The third-order valence-corrected chi connectivity index (χ3v) is 2.16. The molecule has 0 bridgehead atoms. The highest BCUT2D eigenvalue weighted by molar-refractivity contribution is 5.68. The lowest BCUT2D eigenvalue weighted by molar-refractivity contribution is 0.656. The predicted molar refractivity (Wildman–Crippen MR) is 59.3 cm³/mol. The van der Waals surface area contributed by atoms with E-state index >= 15 is 0 Å². The Balaban J connectivity index is 2.33. The van der Waals surface area contributed by atoms with E-state index in [1.807, 2.05) is 0 Å². The lowest BCUT2D eigenvalue weighted by Gasteiger charge is -1.97. The Morgan fingerprint density at radius 2 is 2.06 bits per heavy atom. The van der Waals surface area contributed by atoms with Crippen molar-refractivity contribution in [3.63, 3.8) is 0 Å². The highest BCUT2D eigenvalue weighted by atomic mass is 16.2. The summed E-state index contributed by atoms with van der Waals surface area (Å²) in [7, 11) is 0. The van der Waals surface area contributed by atoms with Crippen LogP contribution in [0.5, 0.6) is 0 Å². The lowest BCUT2D eigenvalue weighted by atomic mass is 10.5. The Labute approximate surface area is 90.3 Å². The normalized spacial score (nSPS) is 11.1. The van der Waals surface area contributed by atoms with Gasteiger partial charge >= 0.3 is 5.69 Å². The highest BCUT2D eigenvalue weighted by Gasteiger charge is 2.06. The Morgan fingerprint density at radius 1 is 1.25 bits per heavy atom. The van der Waals surface area contributed by atoms with Crippen molar-refractivity contribution in [1.29, 1.82) is 0 Å². The molecule has 0 aliphatic carbocycles. The summed E-state index contributed by atoms with van der Waals surface area (Å²) in [5.74, 6) is 0.635. The van der Waals surface area contributed by atoms with Crippen molar-refractivity contribution in [3.8, 4) is 0 Å². The van der Waals surface area contributed by atoms with Gasteiger partial charge in [-0.2, -0.15) is 0 Å². The summed E-state index contributed by atoms with van der Waals surface area (Å²) < 4.78 is 0. The molecule has 7 heteroatoms. The van der Waals surface area contributed by atoms with Gasteiger partial charge in [0.1, 0.15) is 11.3 Å². The summed E-state index contributed by atoms with van der Waals surface area (Å²) in [5.41, 5.74) is -0.403. The first-order valence-electron chi connectivity index (χ1n) is 5.12. The first-order chi connectivity index (χ1) is 7.70. The van der Waals surface area contributed by atoms with Gasteiger partial charge in [0, 0.05) is 0 Å². The first kappa shape index (κ1) is 10.6. The van der Waals surface area contributed by atoms with Crippen molar-refractivity contribution in [2.45, 2.75) is 19.9 Å². The molecule has 0 atom stereocenters. The molecule has 0 fully saturated rings. The van der Waals surface area contributed by atoms with E-state index in [0.29, 0.717) is 23.5 Å². The van der Waals surface area contributed by atoms with E-state index in [4.69, 9.17) is 0 Å². The molecule has 2 rings (SSSR count). The van der Waals surface area contributed by atoms with Crippen LogP contribution in [0.25, 0.3) is 11.2 Å². The molecule has 2 aromatic rings. The van der Waals surface area contributed by atoms with Crippen LogP contribution in [0.4, 0.5) is 0 Å². The molecule has 7 nitrogen and oxygen atoms in total. The largest absolute Gasteiger partial charge is 0.335 e. The predicted octanol–water partition coefficient (Wildman–Crippen LogP) is -0.561. The van der Waals surface area contributed by atoms with Crippen LogP contribution in [0.3, 0.4) is 0 Å². The summed E-state index contributed by atoms with van der Waals surface area (Å²) in [6, 6.07) is 0. The molecule has 16 heavy (non-hydrogen) atoms. The van der Waals surface area contributed by atoms with Crippen LogP contribution in [0.1, 0.15) is 19.2 Å². The van der Waals surface area contributed by atoms with Gasteiger partial charge in [0.25, 0.3) is 5.56 Å². The van der Waals surface area contributed by atoms with Crippen LogP contribution in [0, 0.1) is 0 Å². The van der Waals surface area contributed by atoms with E-state index in [-0.39, 0.29) is 0 Å². The Kier molecular flexibility index (Phi) is 2.86. The van der Waals surface area contributed by atoms with Crippen molar-refractivity contribution in [3.05, 3.63) is 26.7 Å². The topological polar surface area (TPSA) is 106 Å². The second kappa shape index (κ2) is 4.31. The quantitative estimate of drug-likeness (QED) is 0.521. The van der Waals surface area contributed by atoms with Crippen LogP contribution in [0.2, 0.25) is 0 Å². The minimum Gasteiger partial charge on any atom is -0.335 e. The van der Waals surface area contributed by atoms with Crippen LogP contribution in [0.15, 0.2) is 9.59 Å². The summed E-state index contributed by atoms with van der Waals surface area (Å²) in [4.78, 5) is 33.9. The average Bonchev–Trinajstić information content (AvgIpc) is 2.61. The number of nitrogens with zero attached hydrogens (tertiary/aromatic N) is 1. The van der Waals surface area contributed by atoms with E-state index in [0.717, 1.165) is 13.0 Å². The monoisotopic (exact) mass is 223 g/mol. The van der Waals surface area contributed by atoms with Crippen molar-refractivity contribution in [2.75, 3.05) is 6.54 Å². The van der Waals surface area contributed by atoms with E-state index < -0.39 is 11.2 Å². The van der Waals surface area contributed by atoms with Crippen molar-refractivity contribution < 1.29 is 0 Å². The zero-order valence-corrected chi connectivity index (χ0v) is 8.89. The summed E-state index contributed by atoms with van der Waals surface area (Å²) >= 11 is 0. The number of fused-ring (bicyclic) bond motifs is 1. The Bertz CT molecular complexity index is 594. The molecule has 0 saturated carbocycles. The minimum absolute atomic E-state index is 0.294. The van der Waals surface area contributed by atoms with Gasteiger partial charge in [-0.05, 0) is 13.0 Å². The van der Waals surface area contributed by atoms with Crippen LogP contribution in [-0.2, 0) is 6.54 Å². The molecule has 0 saturated heterocycles. The van der Waals surface area contributed by atoms with Crippen LogP contribution in [-0.4, -0.2) is 26.5 Å². The molecule has 2 heterocycles. The minimum atomic E-state index is -0.544. The van der Waals surface area contributed by atoms with E-state index in [9.17, 15) is 9.59 Å². The molecule has 0 aliphatic heterocycles. The molecule has 0 unspecified atom stereocenters. The van der Waals surface area contributed by atoms with Crippen molar-refractivity contribution >= 4 is 11.2 Å². The number of hydrogen-bond acceptors (Lipinski definition) is 4. The van der Waals surface area contributed by atoms with Gasteiger partial charge in [0.2, 0.25) is 0 Å². The van der Waals surface area contributed by atoms with Crippen molar-refractivity contribution in [1.82, 2.24) is 25.3 Å². The maximum atomic E-state index is 11.4. The van der Waals surface area contributed by atoms with Gasteiger partial charge in [0.15, 0.2) is 5.65 Å². The molecular formula is C9H13N5O2. The highest BCUT2D eigenvalue weighted by Crippen LogP contribution is 2.00. The number of rotatable bonds is 4. The zero-order chi connectivity index (χ0) is 11.5. The SMILES string of the molecule is CCCNCc1nc2[nH]c(=O)[nH]c(=O)c2[nH]1. The van der Waals surface area contributed by atoms with Gasteiger partial charge in [0.05, 0.1) is 6.54 Å². The smallest absolute Gasteiger partial charge is 0.327 e. The standard InChI is InChI=1S/C9H13N5O2/c1-2-3-10-4-5-11-6-7(12-5)13-9(16)14-8(6)15/h10H,2-4H2,1H3,(H3,11,12,13,14,15,16). The summed E-state index contributed by atoms with van der Waals surface area (Å²) in [6.45, 7) is 3.49. The molecule has 0 spiro atoms. The van der Waals surface area contributed by atoms with Gasteiger partial charge in [-0.25, -0.2) is 9.78 Å². The maximum absolute atomic E-state index is 11.4. The number of nitrogens with one attached hydrogen (secondary N) is 4. The number of hydrogen-bond donors (Lipinski definition) is 4. The Hall–Kier alpha value is -1.89. The lowest BCUT2D eigenvalue weighted by Crippen LogP contribution is -2.21.